The molecule has 1 aliphatic heterocycles. The lowest BCUT2D eigenvalue weighted by Gasteiger charge is -2.36. The van der Waals surface area contributed by atoms with E-state index in [1.807, 2.05) is 7.05 Å². The van der Waals surface area contributed by atoms with Crippen LogP contribution in [0.15, 0.2) is 22.7 Å². The van der Waals surface area contributed by atoms with Gasteiger partial charge >= 0.3 is 0 Å². The predicted octanol–water partition coefficient (Wildman–Crippen LogP) is 3.53. The number of nitrogens with zero attached hydrogens (tertiary/aromatic N) is 2. The Morgan fingerprint density at radius 3 is 2.67 bits per heavy atom. The second kappa shape index (κ2) is 7.36. The molecule has 1 saturated heterocycles. The summed E-state index contributed by atoms with van der Waals surface area (Å²) >= 11 is 3.11. The maximum atomic E-state index is 13.6. The van der Waals surface area contributed by atoms with Gasteiger partial charge in [0.25, 0.3) is 5.91 Å². The molecule has 1 fully saturated rings. The van der Waals surface area contributed by atoms with Crippen LogP contribution in [-0.4, -0.2) is 48.4 Å². The SMILES string of the molecule is CCCN1CCC(N(C)C(=O)c2ccc(Br)c(F)c2)CC1. The van der Waals surface area contributed by atoms with Gasteiger partial charge < -0.3 is 9.80 Å². The van der Waals surface area contributed by atoms with Gasteiger partial charge in [-0.1, -0.05) is 6.92 Å². The highest BCUT2D eigenvalue weighted by molar-refractivity contribution is 9.10. The molecule has 2 rings (SSSR count). The van der Waals surface area contributed by atoms with Crippen molar-refractivity contribution in [3.8, 4) is 0 Å². The molecule has 0 N–H and O–H groups in total. The van der Waals surface area contributed by atoms with Gasteiger partial charge in [-0.05, 0) is 59.9 Å². The van der Waals surface area contributed by atoms with E-state index in [-0.39, 0.29) is 11.9 Å². The second-order valence-corrected chi connectivity index (χ2v) is 6.47. The maximum absolute atomic E-state index is 13.6. The molecule has 1 aromatic carbocycles. The topological polar surface area (TPSA) is 23.6 Å². The van der Waals surface area contributed by atoms with Crippen molar-refractivity contribution in [1.29, 1.82) is 0 Å². The minimum atomic E-state index is -0.396. The molecular formula is C16H22BrFN2O. The Morgan fingerprint density at radius 2 is 2.10 bits per heavy atom. The van der Waals surface area contributed by atoms with E-state index < -0.39 is 5.82 Å². The number of hydrogen-bond acceptors (Lipinski definition) is 2. The van der Waals surface area contributed by atoms with Crippen LogP contribution in [-0.2, 0) is 0 Å². The van der Waals surface area contributed by atoms with Crippen molar-refractivity contribution in [3.63, 3.8) is 0 Å². The maximum Gasteiger partial charge on any atom is 0.253 e. The molecule has 1 heterocycles. The van der Waals surface area contributed by atoms with E-state index in [2.05, 4.69) is 27.8 Å². The van der Waals surface area contributed by atoms with Crippen LogP contribution in [0.1, 0.15) is 36.5 Å². The number of hydrogen-bond donors (Lipinski definition) is 0. The lowest BCUT2D eigenvalue weighted by Crippen LogP contribution is -2.45. The Kier molecular flexibility index (Phi) is 5.76. The van der Waals surface area contributed by atoms with E-state index in [0.29, 0.717) is 10.0 Å². The number of halogens is 2. The summed E-state index contributed by atoms with van der Waals surface area (Å²) in [5.74, 6) is -0.498. The number of likely N-dealkylation sites (tertiary alicyclic amines) is 1. The number of piperidine rings is 1. The molecule has 21 heavy (non-hydrogen) atoms. The molecule has 0 saturated carbocycles. The first-order valence-electron chi connectivity index (χ1n) is 7.47. The van der Waals surface area contributed by atoms with Crippen molar-refractivity contribution in [2.24, 2.45) is 0 Å². The van der Waals surface area contributed by atoms with Gasteiger partial charge in [-0.25, -0.2) is 4.39 Å². The van der Waals surface area contributed by atoms with Crippen LogP contribution in [0.2, 0.25) is 0 Å². The smallest absolute Gasteiger partial charge is 0.253 e. The lowest BCUT2D eigenvalue weighted by molar-refractivity contribution is 0.0642. The lowest BCUT2D eigenvalue weighted by atomic mass is 10.0. The van der Waals surface area contributed by atoms with Gasteiger partial charge in [-0.3, -0.25) is 4.79 Å². The first kappa shape index (κ1) is 16.4. The number of carbonyl (C=O) groups excluding carboxylic acids is 1. The molecule has 0 bridgehead atoms. The minimum Gasteiger partial charge on any atom is -0.339 e. The van der Waals surface area contributed by atoms with E-state index in [0.717, 1.165) is 38.9 Å². The average molecular weight is 357 g/mol. The summed E-state index contributed by atoms with van der Waals surface area (Å²) in [5, 5.41) is 0. The van der Waals surface area contributed by atoms with Crippen molar-refractivity contribution >= 4 is 21.8 Å². The zero-order valence-electron chi connectivity index (χ0n) is 12.6. The Labute approximate surface area is 134 Å². The largest absolute Gasteiger partial charge is 0.339 e. The molecule has 5 heteroatoms. The van der Waals surface area contributed by atoms with E-state index in [9.17, 15) is 9.18 Å². The molecule has 0 unspecified atom stereocenters. The summed E-state index contributed by atoms with van der Waals surface area (Å²) in [5.41, 5.74) is 0.411. The van der Waals surface area contributed by atoms with Gasteiger partial charge in [0, 0.05) is 31.7 Å². The van der Waals surface area contributed by atoms with Gasteiger partial charge in [0.1, 0.15) is 5.82 Å². The van der Waals surface area contributed by atoms with Gasteiger partial charge in [0.05, 0.1) is 4.47 Å². The van der Waals surface area contributed by atoms with Crippen LogP contribution >= 0.6 is 15.9 Å². The summed E-state index contributed by atoms with van der Waals surface area (Å²) < 4.78 is 13.9. The van der Waals surface area contributed by atoms with Crippen LogP contribution in [0, 0.1) is 5.82 Å². The van der Waals surface area contributed by atoms with Crippen LogP contribution in [0.25, 0.3) is 0 Å². The third-order valence-corrected chi connectivity index (χ3v) is 4.77. The Hall–Kier alpha value is -0.940. The molecule has 3 nitrogen and oxygen atoms in total. The van der Waals surface area contributed by atoms with Crippen LogP contribution in [0.4, 0.5) is 4.39 Å². The molecule has 1 amide bonds. The van der Waals surface area contributed by atoms with Crippen molar-refractivity contribution in [3.05, 3.63) is 34.1 Å². The second-order valence-electron chi connectivity index (χ2n) is 5.62. The Bertz CT molecular complexity index is 501. The van der Waals surface area contributed by atoms with Crippen molar-refractivity contribution in [1.82, 2.24) is 9.80 Å². The van der Waals surface area contributed by atoms with Crippen LogP contribution < -0.4 is 0 Å². The van der Waals surface area contributed by atoms with Crippen LogP contribution in [0.5, 0.6) is 0 Å². The van der Waals surface area contributed by atoms with E-state index in [1.54, 1.807) is 17.0 Å². The molecule has 0 spiro atoms. The zero-order chi connectivity index (χ0) is 15.4. The van der Waals surface area contributed by atoms with Crippen molar-refractivity contribution in [2.75, 3.05) is 26.7 Å². The van der Waals surface area contributed by atoms with E-state index in [4.69, 9.17) is 0 Å². The fourth-order valence-electron chi connectivity index (χ4n) is 2.85. The average Bonchev–Trinajstić information content (AvgIpc) is 2.50. The molecule has 0 aliphatic carbocycles. The third-order valence-electron chi connectivity index (χ3n) is 4.13. The van der Waals surface area contributed by atoms with Gasteiger partial charge in [0.15, 0.2) is 0 Å². The normalized spacial score (nSPS) is 17.0. The highest BCUT2D eigenvalue weighted by Gasteiger charge is 2.25. The molecule has 0 atom stereocenters. The molecule has 1 aromatic rings. The van der Waals surface area contributed by atoms with Gasteiger partial charge in [0.2, 0.25) is 0 Å². The van der Waals surface area contributed by atoms with Gasteiger partial charge in [-0.2, -0.15) is 0 Å². The highest BCUT2D eigenvalue weighted by Crippen LogP contribution is 2.20. The minimum absolute atomic E-state index is 0.102. The first-order chi connectivity index (χ1) is 10.0. The standard InChI is InChI=1S/C16H22BrFN2O/c1-3-8-20-9-6-13(7-10-20)19(2)16(21)12-4-5-14(17)15(18)11-12/h4-5,11,13H,3,6-10H2,1-2H3. The predicted molar refractivity (Wildman–Crippen MR) is 85.9 cm³/mol. The fourth-order valence-corrected chi connectivity index (χ4v) is 3.09. The highest BCUT2D eigenvalue weighted by atomic mass is 79.9. The Morgan fingerprint density at radius 1 is 1.43 bits per heavy atom. The number of carbonyl (C=O) groups is 1. The molecule has 0 aromatic heterocycles. The monoisotopic (exact) mass is 356 g/mol. The van der Waals surface area contributed by atoms with Gasteiger partial charge in [-0.15, -0.1) is 0 Å². The third kappa shape index (κ3) is 4.04. The summed E-state index contributed by atoms with van der Waals surface area (Å²) in [6.07, 6.45) is 3.14. The summed E-state index contributed by atoms with van der Waals surface area (Å²) in [6.45, 7) is 5.38. The Balaban J connectivity index is 1.98. The molecule has 0 radical (unpaired) electrons. The zero-order valence-corrected chi connectivity index (χ0v) is 14.2. The molecule has 116 valence electrons. The summed E-state index contributed by atoms with van der Waals surface area (Å²) in [4.78, 5) is 16.7. The van der Waals surface area contributed by atoms with Crippen molar-refractivity contribution < 1.29 is 9.18 Å². The van der Waals surface area contributed by atoms with E-state index in [1.165, 1.54) is 6.07 Å². The molecule has 1 aliphatic rings. The first-order valence-corrected chi connectivity index (χ1v) is 8.26. The number of amides is 1. The van der Waals surface area contributed by atoms with Crippen LogP contribution in [0.3, 0.4) is 0 Å². The number of rotatable bonds is 4. The van der Waals surface area contributed by atoms with Crippen molar-refractivity contribution in [2.45, 2.75) is 32.2 Å². The fraction of sp³-hybridized carbons (Fsp3) is 0.562. The summed E-state index contributed by atoms with van der Waals surface area (Å²) in [6, 6.07) is 4.80. The quantitative estimate of drug-likeness (QED) is 0.823. The number of benzene rings is 1. The van der Waals surface area contributed by atoms with E-state index >= 15 is 0 Å². The summed E-state index contributed by atoms with van der Waals surface area (Å²) in [7, 11) is 1.82. The molecular weight excluding hydrogens is 335 g/mol.